The summed E-state index contributed by atoms with van der Waals surface area (Å²) < 4.78 is 0. The number of carbonyl (C=O) groups is 3. The van der Waals surface area contributed by atoms with Gasteiger partial charge in [0.05, 0.1) is 0 Å². The van der Waals surface area contributed by atoms with E-state index in [0.29, 0.717) is 25.8 Å². The average Bonchev–Trinajstić information content (AvgIpc) is 2.81. The number of amides is 3. The Labute approximate surface area is 150 Å². The van der Waals surface area contributed by atoms with Crippen LogP contribution in [0.2, 0.25) is 0 Å². The Balaban J connectivity index is 2.48. The Bertz CT molecular complexity index is 528. The molecule has 0 aromatic rings. The van der Waals surface area contributed by atoms with Crippen molar-refractivity contribution < 1.29 is 19.2 Å². The van der Waals surface area contributed by atoms with Gasteiger partial charge in [0, 0.05) is 30.7 Å². The molecule has 1 atom stereocenters. The molecule has 6 heteroatoms. The van der Waals surface area contributed by atoms with Crippen molar-refractivity contribution in [3.05, 3.63) is 12.2 Å². The zero-order valence-electron chi connectivity index (χ0n) is 15.9. The lowest BCUT2D eigenvalue weighted by atomic mass is 9.95. The number of imide groups is 1. The Hall–Kier alpha value is -1.98. The molecule has 3 amide bonds. The molecule has 139 valence electrons. The van der Waals surface area contributed by atoms with E-state index >= 15 is 0 Å². The van der Waals surface area contributed by atoms with Gasteiger partial charge in [-0.25, -0.2) is 0 Å². The third-order valence-electron chi connectivity index (χ3n) is 4.19. The zero-order valence-corrected chi connectivity index (χ0v) is 15.9. The van der Waals surface area contributed by atoms with E-state index in [2.05, 4.69) is 0 Å². The van der Waals surface area contributed by atoms with Crippen LogP contribution < -0.4 is 0 Å². The molecule has 0 saturated carbocycles. The Morgan fingerprint density at radius 2 is 1.68 bits per heavy atom. The first-order chi connectivity index (χ1) is 11.6. The van der Waals surface area contributed by atoms with E-state index in [4.69, 9.17) is 0 Å². The number of hydrogen-bond acceptors (Lipinski definition) is 4. The first-order valence-corrected chi connectivity index (χ1v) is 8.83. The highest BCUT2D eigenvalue weighted by atomic mass is 16.2. The first kappa shape index (κ1) is 21.1. The van der Waals surface area contributed by atoms with Crippen molar-refractivity contribution in [2.45, 2.75) is 71.9 Å². The SMILES string of the molecule is CC(C)[C@@H]([C]=O)N(C(=O)CCCCCN1C(=O)C=CC1=O)C(C)(C)C. The minimum atomic E-state index is -0.557. The van der Waals surface area contributed by atoms with Crippen LogP contribution >= 0.6 is 0 Å². The zero-order chi connectivity index (χ0) is 19.2. The highest BCUT2D eigenvalue weighted by Crippen LogP contribution is 2.23. The minimum absolute atomic E-state index is 0.000339. The van der Waals surface area contributed by atoms with Crippen LogP contribution in [-0.2, 0) is 19.2 Å². The molecule has 1 rings (SSSR count). The van der Waals surface area contributed by atoms with Crippen LogP contribution in [-0.4, -0.2) is 51.9 Å². The molecule has 1 aliphatic rings. The Morgan fingerprint density at radius 3 is 2.12 bits per heavy atom. The van der Waals surface area contributed by atoms with E-state index in [1.807, 2.05) is 40.9 Å². The van der Waals surface area contributed by atoms with Gasteiger partial charge in [-0.3, -0.25) is 24.1 Å². The summed E-state index contributed by atoms with van der Waals surface area (Å²) in [5.41, 5.74) is -0.455. The first-order valence-electron chi connectivity index (χ1n) is 8.83. The van der Waals surface area contributed by atoms with Crippen LogP contribution in [0.5, 0.6) is 0 Å². The molecule has 0 spiro atoms. The lowest BCUT2D eigenvalue weighted by Gasteiger charge is -2.41. The fraction of sp³-hybridized carbons (Fsp3) is 0.684. The second-order valence-corrected chi connectivity index (χ2v) is 7.71. The maximum absolute atomic E-state index is 12.6. The van der Waals surface area contributed by atoms with Crippen LogP contribution in [0.4, 0.5) is 0 Å². The lowest BCUT2D eigenvalue weighted by molar-refractivity contribution is -0.139. The molecule has 0 saturated heterocycles. The molecule has 0 unspecified atom stereocenters. The van der Waals surface area contributed by atoms with Gasteiger partial charge in [-0.1, -0.05) is 20.3 Å². The van der Waals surface area contributed by atoms with Gasteiger partial charge in [0.15, 0.2) is 0 Å². The molecule has 1 aliphatic heterocycles. The van der Waals surface area contributed by atoms with Gasteiger partial charge in [0.1, 0.15) is 6.04 Å². The molecule has 1 heterocycles. The number of unbranched alkanes of at least 4 members (excludes halogenated alkanes) is 2. The van der Waals surface area contributed by atoms with Crippen molar-refractivity contribution in [1.29, 1.82) is 0 Å². The highest BCUT2D eigenvalue weighted by Gasteiger charge is 2.34. The molecule has 0 aliphatic carbocycles. The third-order valence-corrected chi connectivity index (χ3v) is 4.19. The topological polar surface area (TPSA) is 74.8 Å². The van der Waals surface area contributed by atoms with Crippen molar-refractivity contribution >= 4 is 24.0 Å². The number of rotatable bonds is 9. The van der Waals surface area contributed by atoms with E-state index in [0.717, 1.165) is 6.42 Å². The number of carbonyl (C=O) groups excluding carboxylic acids is 4. The second-order valence-electron chi connectivity index (χ2n) is 7.71. The largest absolute Gasteiger partial charge is 0.327 e. The maximum Gasteiger partial charge on any atom is 0.253 e. The average molecular weight is 349 g/mol. The summed E-state index contributed by atoms with van der Waals surface area (Å²) in [6, 6.07) is -0.557. The quantitative estimate of drug-likeness (QED) is 0.472. The summed E-state index contributed by atoms with van der Waals surface area (Å²) in [5.74, 6) is -0.618. The van der Waals surface area contributed by atoms with Gasteiger partial charge in [-0.2, -0.15) is 0 Å². The molecule has 0 bridgehead atoms. The predicted octanol–water partition coefficient (Wildman–Crippen LogP) is 2.23. The lowest BCUT2D eigenvalue weighted by Crippen LogP contribution is -2.54. The van der Waals surface area contributed by atoms with Crippen LogP contribution in [0, 0.1) is 5.92 Å². The summed E-state index contributed by atoms with van der Waals surface area (Å²) in [7, 11) is 0. The summed E-state index contributed by atoms with van der Waals surface area (Å²) in [5, 5.41) is 0. The molecule has 6 nitrogen and oxygen atoms in total. The smallest absolute Gasteiger partial charge is 0.253 e. The van der Waals surface area contributed by atoms with Crippen molar-refractivity contribution in [3.8, 4) is 0 Å². The summed E-state index contributed by atoms with van der Waals surface area (Å²) in [6.45, 7) is 9.91. The Kier molecular flexibility index (Phi) is 7.52. The summed E-state index contributed by atoms with van der Waals surface area (Å²) >= 11 is 0. The molecule has 1 radical (unpaired) electrons. The van der Waals surface area contributed by atoms with Crippen molar-refractivity contribution in [2.75, 3.05) is 6.54 Å². The highest BCUT2D eigenvalue weighted by molar-refractivity contribution is 6.12. The van der Waals surface area contributed by atoms with E-state index in [1.165, 1.54) is 17.1 Å². The van der Waals surface area contributed by atoms with Gasteiger partial charge < -0.3 is 4.90 Å². The fourth-order valence-corrected chi connectivity index (χ4v) is 2.93. The molecule has 0 N–H and O–H groups in total. The van der Waals surface area contributed by atoms with Crippen LogP contribution in [0.25, 0.3) is 0 Å². The second kappa shape index (κ2) is 8.92. The summed E-state index contributed by atoms with van der Waals surface area (Å²) in [6.07, 6.45) is 6.93. The molecule has 25 heavy (non-hydrogen) atoms. The van der Waals surface area contributed by atoms with Gasteiger partial charge in [0.25, 0.3) is 11.8 Å². The molecular weight excluding hydrogens is 320 g/mol. The summed E-state index contributed by atoms with van der Waals surface area (Å²) in [4.78, 5) is 49.7. The normalized spacial score (nSPS) is 15.8. The van der Waals surface area contributed by atoms with Gasteiger partial charge >= 0.3 is 0 Å². The van der Waals surface area contributed by atoms with E-state index < -0.39 is 11.6 Å². The van der Waals surface area contributed by atoms with Crippen molar-refractivity contribution in [3.63, 3.8) is 0 Å². The standard InChI is InChI=1S/C19H29N2O4/c1-14(2)15(13-22)21(19(3,4)5)18(25)9-7-6-8-12-20-16(23)10-11-17(20)24/h10-11,14-15H,6-9,12H2,1-5H3/t15-/m1/s1. The van der Waals surface area contributed by atoms with Gasteiger partial charge in [0.2, 0.25) is 12.2 Å². The van der Waals surface area contributed by atoms with Gasteiger partial charge in [-0.15, -0.1) is 0 Å². The Morgan fingerprint density at radius 1 is 1.12 bits per heavy atom. The molecular formula is C19H29N2O4. The number of nitrogens with zero attached hydrogens (tertiary/aromatic N) is 2. The van der Waals surface area contributed by atoms with Crippen LogP contribution in [0.15, 0.2) is 12.2 Å². The van der Waals surface area contributed by atoms with E-state index in [1.54, 1.807) is 4.90 Å². The van der Waals surface area contributed by atoms with Crippen LogP contribution in [0.1, 0.15) is 60.3 Å². The molecule has 0 aromatic heterocycles. The molecule has 0 fully saturated rings. The maximum atomic E-state index is 12.6. The fourth-order valence-electron chi connectivity index (χ4n) is 2.93. The van der Waals surface area contributed by atoms with Gasteiger partial charge in [-0.05, 0) is 39.5 Å². The van der Waals surface area contributed by atoms with E-state index in [-0.39, 0.29) is 23.6 Å². The minimum Gasteiger partial charge on any atom is -0.327 e. The van der Waals surface area contributed by atoms with Crippen LogP contribution in [0.3, 0.4) is 0 Å². The van der Waals surface area contributed by atoms with Crippen molar-refractivity contribution in [2.24, 2.45) is 5.92 Å². The van der Waals surface area contributed by atoms with Crippen molar-refractivity contribution in [1.82, 2.24) is 9.80 Å². The monoisotopic (exact) mass is 349 g/mol. The third kappa shape index (κ3) is 5.80. The molecule has 0 aromatic carbocycles. The predicted molar refractivity (Wildman–Crippen MR) is 95.2 cm³/mol. The number of hydrogen-bond donors (Lipinski definition) is 0. The van der Waals surface area contributed by atoms with E-state index in [9.17, 15) is 19.2 Å².